The third kappa shape index (κ3) is 3.75. The molecule has 1 unspecified atom stereocenters. The van der Waals surface area contributed by atoms with Gasteiger partial charge in [-0.3, -0.25) is 4.79 Å². The molecule has 0 aliphatic heterocycles. The maximum absolute atomic E-state index is 12.5. The minimum absolute atomic E-state index is 0.0689. The Morgan fingerprint density at radius 2 is 2.04 bits per heavy atom. The van der Waals surface area contributed by atoms with Gasteiger partial charge in [-0.1, -0.05) is 19.1 Å². The van der Waals surface area contributed by atoms with E-state index in [9.17, 15) is 15.0 Å². The number of ether oxygens (including phenoxy) is 1. The fraction of sp³-hybridized carbons (Fsp3) is 0.316. The maximum atomic E-state index is 12.5. The summed E-state index contributed by atoms with van der Waals surface area (Å²) in [4.78, 5) is 12.5. The van der Waals surface area contributed by atoms with Crippen LogP contribution >= 0.6 is 0 Å². The molecule has 6 nitrogen and oxygen atoms in total. The standard InChI is InChI=1S/C19H21NO5/c1-2-7-20-10-12(21)11-24-13-8-15(22)18-17(9-13)25-16-6-4-3-5-14(16)19(18)23/h3-6,8-9,12,20-22H,2,7,10-11H2,1H3. The second kappa shape index (κ2) is 7.55. The van der Waals surface area contributed by atoms with Crippen LogP contribution in [-0.2, 0) is 0 Å². The normalized spacial score (nSPS) is 12.6. The van der Waals surface area contributed by atoms with Crippen LogP contribution in [-0.4, -0.2) is 36.0 Å². The topological polar surface area (TPSA) is 91.9 Å². The van der Waals surface area contributed by atoms with Crippen molar-refractivity contribution < 1.29 is 19.4 Å². The maximum Gasteiger partial charge on any atom is 0.204 e. The molecule has 3 aromatic rings. The highest BCUT2D eigenvalue weighted by atomic mass is 16.5. The summed E-state index contributed by atoms with van der Waals surface area (Å²) in [7, 11) is 0. The molecular formula is C19H21NO5. The molecule has 132 valence electrons. The zero-order chi connectivity index (χ0) is 17.8. The molecular weight excluding hydrogens is 322 g/mol. The summed E-state index contributed by atoms with van der Waals surface area (Å²) >= 11 is 0. The number of hydrogen-bond acceptors (Lipinski definition) is 6. The third-order valence-corrected chi connectivity index (χ3v) is 3.88. The Balaban J connectivity index is 1.86. The quantitative estimate of drug-likeness (QED) is 0.451. The van der Waals surface area contributed by atoms with E-state index in [0.717, 1.165) is 13.0 Å². The van der Waals surface area contributed by atoms with Crippen molar-refractivity contribution in [3.63, 3.8) is 0 Å². The molecule has 0 aliphatic carbocycles. The van der Waals surface area contributed by atoms with Gasteiger partial charge < -0.3 is 24.7 Å². The molecule has 0 saturated carbocycles. The zero-order valence-corrected chi connectivity index (χ0v) is 14.0. The minimum Gasteiger partial charge on any atom is -0.507 e. The first-order valence-corrected chi connectivity index (χ1v) is 8.30. The van der Waals surface area contributed by atoms with Crippen LogP contribution in [0.25, 0.3) is 21.9 Å². The van der Waals surface area contributed by atoms with Crippen molar-refractivity contribution in [2.45, 2.75) is 19.4 Å². The van der Waals surface area contributed by atoms with E-state index in [-0.39, 0.29) is 28.8 Å². The van der Waals surface area contributed by atoms with Gasteiger partial charge in [0.05, 0.1) is 5.39 Å². The van der Waals surface area contributed by atoms with Crippen LogP contribution in [0.3, 0.4) is 0 Å². The molecule has 0 bridgehead atoms. The van der Waals surface area contributed by atoms with E-state index in [4.69, 9.17) is 9.15 Å². The number of para-hydroxylation sites is 1. The SMILES string of the molecule is CCCNCC(O)COc1cc(O)c2c(=O)c3ccccc3oc2c1. The third-order valence-electron chi connectivity index (χ3n) is 3.88. The predicted molar refractivity (Wildman–Crippen MR) is 96.3 cm³/mol. The number of nitrogens with one attached hydrogen (secondary N) is 1. The first-order valence-electron chi connectivity index (χ1n) is 8.30. The minimum atomic E-state index is -0.673. The highest BCUT2D eigenvalue weighted by molar-refractivity contribution is 5.93. The van der Waals surface area contributed by atoms with Gasteiger partial charge in [-0.2, -0.15) is 0 Å². The van der Waals surface area contributed by atoms with Crippen LogP contribution in [0, 0.1) is 0 Å². The molecule has 1 aromatic heterocycles. The van der Waals surface area contributed by atoms with E-state index < -0.39 is 6.10 Å². The van der Waals surface area contributed by atoms with E-state index in [1.54, 1.807) is 30.3 Å². The first kappa shape index (κ1) is 17.3. The molecule has 25 heavy (non-hydrogen) atoms. The molecule has 1 atom stereocenters. The van der Waals surface area contributed by atoms with Gasteiger partial charge in [0, 0.05) is 18.7 Å². The van der Waals surface area contributed by atoms with Crippen LogP contribution in [0.15, 0.2) is 45.6 Å². The number of phenolic OH excluding ortho intramolecular Hbond substituents is 1. The number of hydrogen-bond donors (Lipinski definition) is 3. The zero-order valence-electron chi connectivity index (χ0n) is 14.0. The molecule has 0 fully saturated rings. The molecule has 2 aromatic carbocycles. The lowest BCUT2D eigenvalue weighted by Gasteiger charge is -2.13. The molecule has 6 heteroatoms. The van der Waals surface area contributed by atoms with Crippen molar-refractivity contribution in [1.29, 1.82) is 0 Å². The molecule has 0 radical (unpaired) electrons. The fourth-order valence-electron chi connectivity index (χ4n) is 2.66. The first-order chi connectivity index (χ1) is 12.1. The van der Waals surface area contributed by atoms with E-state index in [2.05, 4.69) is 5.32 Å². The lowest BCUT2D eigenvalue weighted by atomic mass is 10.1. The monoisotopic (exact) mass is 343 g/mol. The van der Waals surface area contributed by atoms with Crippen LogP contribution in [0.1, 0.15) is 13.3 Å². The van der Waals surface area contributed by atoms with Crippen LogP contribution in [0.2, 0.25) is 0 Å². The van der Waals surface area contributed by atoms with Crippen molar-refractivity contribution in [2.24, 2.45) is 0 Å². The predicted octanol–water partition coefficient (Wildman–Crippen LogP) is 2.39. The Bertz CT molecular complexity index is 934. The summed E-state index contributed by atoms with van der Waals surface area (Å²) in [6.07, 6.45) is 0.312. The van der Waals surface area contributed by atoms with Crippen LogP contribution < -0.4 is 15.5 Å². The number of fused-ring (bicyclic) bond motifs is 2. The Labute approximate surface area is 144 Å². The Morgan fingerprint density at radius 3 is 2.84 bits per heavy atom. The lowest BCUT2D eigenvalue weighted by Crippen LogP contribution is -2.31. The van der Waals surface area contributed by atoms with Gasteiger partial charge in [0.25, 0.3) is 0 Å². The van der Waals surface area contributed by atoms with Crippen molar-refractivity contribution in [3.8, 4) is 11.5 Å². The van der Waals surface area contributed by atoms with Gasteiger partial charge in [-0.05, 0) is 25.1 Å². The molecule has 3 N–H and O–H groups in total. The summed E-state index contributed by atoms with van der Waals surface area (Å²) in [5.74, 6) is 0.128. The highest BCUT2D eigenvalue weighted by Crippen LogP contribution is 2.30. The number of aliphatic hydroxyl groups excluding tert-OH is 1. The number of phenols is 1. The van der Waals surface area contributed by atoms with Gasteiger partial charge in [0.15, 0.2) is 0 Å². The summed E-state index contributed by atoms with van der Waals surface area (Å²) < 4.78 is 11.2. The smallest absolute Gasteiger partial charge is 0.204 e. The van der Waals surface area contributed by atoms with Crippen molar-refractivity contribution in [3.05, 3.63) is 46.6 Å². The number of rotatable bonds is 7. The largest absolute Gasteiger partial charge is 0.507 e. The van der Waals surface area contributed by atoms with E-state index in [1.165, 1.54) is 6.07 Å². The summed E-state index contributed by atoms with van der Waals surface area (Å²) in [5, 5.41) is 23.7. The molecule has 0 saturated heterocycles. The Morgan fingerprint density at radius 1 is 1.24 bits per heavy atom. The average Bonchev–Trinajstić information content (AvgIpc) is 2.60. The summed E-state index contributed by atoms with van der Waals surface area (Å²) in [6, 6.07) is 9.79. The second-order valence-corrected chi connectivity index (χ2v) is 5.91. The number of aromatic hydroxyl groups is 1. The molecule has 3 rings (SSSR count). The van der Waals surface area contributed by atoms with E-state index >= 15 is 0 Å². The summed E-state index contributed by atoms with van der Waals surface area (Å²) in [6.45, 7) is 3.36. The fourth-order valence-corrected chi connectivity index (χ4v) is 2.66. The van der Waals surface area contributed by atoms with Crippen molar-refractivity contribution in [1.82, 2.24) is 5.32 Å². The van der Waals surface area contributed by atoms with Gasteiger partial charge in [-0.25, -0.2) is 0 Å². The molecule has 0 spiro atoms. The lowest BCUT2D eigenvalue weighted by molar-refractivity contribution is 0.106. The molecule has 0 amide bonds. The van der Waals surface area contributed by atoms with Crippen LogP contribution in [0.4, 0.5) is 0 Å². The average molecular weight is 343 g/mol. The number of benzene rings is 2. The Kier molecular flexibility index (Phi) is 5.21. The van der Waals surface area contributed by atoms with Gasteiger partial charge in [-0.15, -0.1) is 0 Å². The van der Waals surface area contributed by atoms with Crippen molar-refractivity contribution in [2.75, 3.05) is 19.7 Å². The second-order valence-electron chi connectivity index (χ2n) is 5.91. The van der Waals surface area contributed by atoms with Gasteiger partial charge in [0.1, 0.15) is 40.8 Å². The summed E-state index contributed by atoms with van der Waals surface area (Å²) in [5.41, 5.74) is 0.405. The van der Waals surface area contributed by atoms with Gasteiger partial charge in [0.2, 0.25) is 5.43 Å². The molecule has 0 aliphatic rings. The van der Waals surface area contributed by atoms with Crippen molar-refractivity contribution >= 4 is 21.9 Å². The number of aliphatic hydroxyl groups is 1. The van der Waals surface area contributed by atoms with E-state index in [1.807, 2.05) is 6.92 Å². The molecule has 1 heterocycles. The van der Waals surface area contributed by atoms with Crippen LogP contribution in [0.5, 0.6) is 11.5 Å². The van der Waals surface area contributed by atoms with Gasteiger partial charge >= 0.3 is 0 Å². The van der Waals surface area contributed by atoms with E-state index in [0.29, 0.717) is 23.3 Å². The highest BCUT2D eigenvalue weighted by Gasteiger charge is 2.14. The Hall–Kier alpha value is -2.57.